The molecule has 6 atom stereocenters. The third-order valence-corrected chi connectivity index (χ3v) is 11.3. The summed E-state index contributed by atoms with van der Waals surface area (Å²) in [6.45, 7) is 19.1. The number of piperidine rings is 1. The number of carbonyl (C=O) groups excluding carboxylic acids is 7. The maximum atomic E-state index is 14.5. The van der Waals surface area contributed by atoms with E-state index in [0.717, 1.165) is 17.7 Å². The van der Waals surface area contributed by atoms with Crippen molar-refractivity contribution >= 4 is 41.4 Å². The van der Waals surface area contributed by atoms with Gasteiger partial charge in [0.2, 0.25) is 17.6 Å². The largest absolute Gasteiger partial charge is 0.346 e. The number of benzene rings is 1. The fourth-order valence-electron chi connectivity index (χ4n) is 7.67. The van der Waals surface area contributed by atoms with Crippen molar-refractivity contribution in [2.75, 3.05) is 19.6 Å². The van der Waals surface area contributed by atoms with Crippen molar-refractivity contribution in [2.24, 2.45) is 34.0 Å². The van der Waals surface area contributed by atoms with Crippen LogP contribution in [0.4, 0.5) is 4.79 Å². The van der Waals surface area contributed by atoms with Crippen molar-refractivity contribution in [1.29, 1.82) is 0 Å². The Morgan fingerprint density at radius 2 is 1.52 bits per heavy atom. The summed E-state index contributed by atoms with van der Waals surface area (Å²) in [5, 5.41) is 11.1. The van der Waals surface area contributed by atoms with Crippen LogP contribution in [-0.2, 0) is 19.2 Å². The summed E-state index contributed by atoms with van der Waals surface area (Å²) in [7, 11) is 0. The molecule has 4 N–H and O–H groups in total. The molecule has 0 radical (unpaired) electrons. The second-order valence-corrected chi connectivity index (χ2v) is 17.6. The van der Waals surface area contributed by atoms with E-state index >= 15 is 0 Å². The summed E-state index contributed by atoms with van der Waals surface area (Å²) in [5.74, 6) is -3.22. The molecule has 282 valence electrons. The topological polar surface area (TPSA) is 174 Å². The first kappa shape index (κ1) is 38.7. The third-order valence-electron chi connectivity index (χ3n) is 11.3. The standard InChI is InChI=1S/C39H54N6O7/c1-10-17-40-32(48)29(46)25(18-21-15-16-21)41-31(47)28-27-24(39(27,8)9)19-44(28)35(51)30(38(5,6)7)43-36(52)42-26(37(2,3)4)20-45-33(49)22-13-11-12-14-23(22)34(45)50/h10-14,21,24-28,30H,1,15-20H2,2-9H3,(H,40,48)(H,41,47)(H2,42,43,52)/t24-,25?,26+,27-,28-,30+/m0/s1. The molecule has 52 heavy (non-hydrogen) atoms. The summed E-state index contributed by atoms with van der Waals surface area (Å²) in [5.41, 5.74) is -0.969. The first-order valence-electron chi connectivity index (χ1n) is 18.2. The van der Waals surface area contributed by atoms with Crippen LogP contribution in [0.15, 0.2) is 36.9 Å². The molecule has 1 aromatic carbocycles. The minimum absolute atomic E-state index is 0.0417. The number of hydrogen-bond acceptors (Lipinski definition) is 7. The third kappa shape index (κ3) is 7.78. The molecule has 0 aromatic heterocycles. The van der Waals surface area contributed by atoms with Gasteiger partial charge in [-0.2, -0.15) is 0 Å². The Bertz CT molecular complexity index is 1630. The predicted molar refractivity (Wildman–Crippen MR) is 194 cm³/mol. The van der Waals surface area contributed by atoms with Gasteiger partial charge in [-0.05, 0) is 52.6 Å². The van der Waals surface area contributed by atoms with E-state index in [1.54, 1.807) is 24.3 Å². The van der Waals surface area contributed by atoms with Crippen LogP contribution in [-0.4, -0.2) is 95.0 Å². The van der Waals surface area contributed by atoms with Crippen molar-refractivity contribution < 1.29 is 33.6 Å². The summed E-state index contributed by atoms with van der Waals surface area (Å²) in [6.07, 6.45) is 3.63. The average Bonchev–Trinajstić information content (AvgIpc) is 3.89. The molecule has 13 nitrogen and oxygen atoms in total. The van der Waals surface area contributed by atoms with Crippen LogP contribution in [0.2, 0.25) is 0 Å². The van der Waals surface area contributed by atoms with Gasteiger partial charge in [-0.1, -0.05) is 86.4 Å². The molecule has 1 aromatic rings. The van der Waals surface area contributed by atoms with Gasteiger partial charge >= 0.3 is 6.03 Å². The highest BCUT2D eigenvalue weighted by molar-refractivity contribution is 6.38. The lowest BCUT2D eigenvalue weighted by Crippen LogP contribution is -2.63. The lowest BCUT2D eigenvalue weighted by atomic mass is 9.85. The molecule has 3 fully saturated rings. The van der Waals surface area contributed by atoms with Gasteiger partial charge in [-0.15, -0.1) is 6.58 Å². The van der Waals surface area contributed by atoms with E-state index < -0.39 is 76.3 Å². The minimum Gasteiger partial charge on any atom is -0.346 e. The van der Waals surface area contributed by atoms with Gasteiger partial charge < -0.3 is 26.2 Å². The lowest BCUT2D eigenvalue weighted by Gasteiger charge is -2.39. The number of Topliss-reactive ketones (excluding diaryl/α,β-unsaturated/α-hetero) is 1. The molecule has 5 rings (SSSR count). The van der Waals surface area contributed by atoms with Crippen LogP contribution in [0.1, 0.15) is 95.4 Å². The number of imide groups is 1. The number of carbonyl (C=O) groups is 7. The number of nitrogens with one attached hydrogen (secondary N) is 4. The minimum atomic E-state index is -1.06. The first-order chi connectivity index (χ1) is 24.2. The van der Waals surface area contributed by atoms with Crippen molar-refractivity contribution in [1.82, 2.24) is 31.1 Å². The molecule has 2 aliphatic heterocycles. The van der Waals surface area contributed by atoms with Crippen molar-refractivity contribution in [3.8, 4) is 0 Å². The summed E-state index contributed by atoms with van der Waals surface area (Å²) < 4.78 is 0. The molecule has 2 aliphatic carbocycles. The maximum absolute atomic E-state index is 14.5. The number of ketones is 1. The van der Waals surface area contributed by atoms with E-state index in [2.05, 4.69) is 27.8 Å². The van der Waals surface area contributed by atoms with Gasteiger partial charge in [-0.3, -0.25) is 33.7 Å². The molecule has 0 bridgehead atoms. The second-order valence-electron chi connectivity index (χ2n) is 17.6. The van der Waals surface area contributed by atoms with Crippen LogP contribution in [0, 0.1) is 34.0 Å². The number of amides is 7. The zero-order valence-electron chi connectivity index (χ0n) is 31.6. The van der Waals surface area contributed by atoms with Gasteiger partial charge in [0.25, 0.3) is 17.7 Å². The smallest absolute Gasteiger partial charge is 0.315 e. The highest BCUT2D eigenvalue weighted by Crippen LogP contribution is 2.65. The van der Waals surface area contributed by atoms with Gasteiger partial charge in [0.1, 0.15) is 12.1 Å². The monoisotopic (exact) mass is 718 g/mol. The zero-order chi connectivity index (χ0) is 38.5. The highest BCUT2D eigenvalue weighted by Gasteiger charge is 2.70. The zero-order valence-corrected chi connectivity index (χ0v) is 31.6. The Balaban J connectivity index is 1.32. The highest BCUT2D eigenvalue weighted by atomic mass is 16.2. The quantitative estimate of drug-likeness (QED) is 0.138. The van der Waals surface area contributed by atoms with Crippen LogP contribution in [0.5, 0.6) is 0 Å². The maximum Gasteiger partial charge on any atom is 0.315 e. The van der Waals surface area contributed by atoms with E-state index in [9.17, 15) is 33.6 Å². The number of hydrogen-bond donors (Lipinski definition) is 4. The molecule has 1 unspecified atom stereocenters. The molecular formula is C39H54N6O7. The summed E-state index contributed by atoms with van der Waals surface area (Å²) >= 11 is 0. The molecule has 0 spiro atoms. The van der Waals surface area contributed by atoms with Gasteiger partial charge in [0.15, 0.2) is 0 Å². The van der Waals surface area contributed by atoms with E-state index in [-0.39, 0.29) is 36.3 Å². The van der Waals surface area contributed by atoms with Gasteiger partial charge in [0.05, 0.1) is 29.8 Å². The Kier molecular flexibility index (Phi) is 10.5. The normalized spacial score (nSPS) is 23.5. The molecular weight excluding hydrogens is 664 g/mol. The fraction of sp³-hybridized carbons (Fsp3) is 0.615. The Labute approximate surface area is 306 Å². The Morgan fingerprint density at radius 1 is 0.923 bits per heavy atom. The first-order valence-corrected chi connectivity index (χ1v) is 18.2. The van der Waals surface area contributed by atoms with Crippen LogP contribution in [0.3, 0.4) is 0 Å². The van der Waals surface area contributed by atoms with Gasteiger partial charge in [0, 0.05) is 13.1 Å². The molecule has 1 saturated heterocycles. The molecule has 4 aliphatic rings. The van der Waals surface area contributed by atoms with E-state index in [1.807, 2.05) is 55.4 Å². The van der Waals surface area contributed by atoms with Gasteiger partial charge in [-0.25, -0.2) is 4.79 Å². The van der Waals surface area contributed by atoms with E-state index in [1.165, 1.54) is 11.0 Å². The van der Waals surface area contributed by atoms with Crippen molar-refractivity contribution in [3.63, 3.8) is 0 Å². The molecule has 2 saturated carbocycles. The summed E-state index contributed by atoms with van der Waals surface area (Å²) in [4.78, 5) is 97.1. The Morgan fingerprint density at radius 3 is 2.04 bits per heavy atom. The summed E-state index contributed by atoms with van der Waals surface area (Å²) in [6, 6.07) is 2.28. The van der Waals surface area contributed by atoms with Crippen molar-refractivity contribution in [3.05, 3.63) is 48.0 Å². The van der Waals surface area contributed by atoms with Crippen molar-refractivity contribution in [2.45, 2.75) is 98.8 Å². The lowest BCUT2D eigenvalue weighted by molar-refractivity contribution is -0.145. The predicted octanol–water partition coefficient (Wildman–Crippen LogP) is 3.05. The number of fused-ring (bicyclic) bond motifs is 2. The Hall–Kier alpha value is -4.55. The van der Waals surface area contributed by atoms with Crippen LogP contribution >= 0.6 is 0 Å². The average molecular weight is 719 g/mol. The molecule has 13 heteroatoms. The number of nitrogens with zero attached hydrogens (tertiary/aromatic N) is 2. The van der Waals surface area contributed by atoms with E-state index in [0.29, 0.717) is 24.1 Å². The number of urea groups is 1. The fourth-order valence-corrected chi connectivity index (χ4v) is 7.67. The molecule has 7 amide bonds. The van der Waals surface area contributed by atoms with Crippen LogP contribution in [0.25, 0.3) is 0 Å². The number of likely N-dealkylation sites (tertiary alicyclic amines) is 1. The van der Waals surface area contributed by atoms with E-state index in [4.69, 9.17) is 0 Å². The number of rotatable bonds is 13. The SMILES string of the molecule is C=CCNC(=O)C(=O)C(CC1CC1)NC(=O)[C@@H]1[C@@H]2[C@H](CN1C(=O)[C@@H](NC(=O)N[C@H](CN1C(=O)c3ccccc3C1=O)C(C)(C)C)C(C)(C)C)C2(C)C. The second kappa shape index (κ2) is 14.1. The van der Waals surface area contributed by atoms with Crippen LogP contribution < -0.4 is 21.3 Å². The molecule has 2 heterocycles.